The van der Waals surface area contributed by atoms with Crippen molar-refractivity contribution in [1.82, 2.24) is 10.6 Å². The van der Waals surface area contributed by atoms with Gasteiger partial charge in [0.15, 0.2) is 0 Å². The standard InChI is InChI=1S/C11H20N2O5/c1-11(2,3)18-10(16)13-7(9(15)12-4)6-8(14)17-5/h7H,6H2,1-5H3,(H,12,15)(H,13,16)/t7-/m0/s1. The van der Waals surface area contributed by atoms with E-state index in [4.69, 9.17) is 4.74 Å². The molecule has 0 fully saturated rings. The molecule has 1 atom stereocenters. The predicted molar refractivity (Wildman–Crippen MR) is 63.9 cm³/mol. The zero-order valence-electron chi connectivity index (χ0n) is 11.3. The van der Waals surface area contributed by atoms with Crippen molar-refractivity contribution in [3.05, 3.63) is 0 Å². The zero-order valence-corrected chi connectivity index (χ0v) is 11.3. The van der Waals surface area contributed by atoms with Gasteiger partial charge in [-0.1, -0.05) is 0 Å². The summed E-state index contributed by atoms with van der Waals surface area (Å²) in [5.41, 5.74) is -0.678. The Morgan fingerprint density at radius 1 is 1.22 bits per heavy atom. The number of carbonyl (C=O) groups is 3. The molecule has 0 saturated carbocycles. The zero-order chi connectivity index (χ0) is 14.3. The Morgan fingerprint density at radius 2 is 1.78 bits per heavy atom. The summed E-state index contributed by atoms with van der Waals surface area (Å²) in [5, 5.41) is 4.66. The number of rotatable bonds is 4. The maximum atomic E-state index is 11.5. The summed E-state index contributed by atoms with van der Waals surface area (Å²) >= 11 is 0. The molecule has 0 rings (SSSR count). The third kappa shape index (κ3) is 6.72. The summed E-state index contributed by atoms with van der Waals surface area (Å²) in [4.78, 5) is 34.1. The van der Waals surface area contributed by atoms with Gasteiger partial charge >= 0.3 is 12.1 Å². The summed E-state index contributed by atoms with van der Waals surface area (Å²) in [7, 11) is 2.61. The summed E-state index contributed by atoms with van der Waals surface area (Å²) in [6.45, 7) is 5.09. The molecule has 0 bridgehead atoms. The van der Waals surface area contributed by atoms with Crippen molar-refractivity contribution in [2.24, 2.45) is 0 Å². The molecule has 2 N–H and O–H groups in total. The van der Waals surface area contributed by atoms with Crippen LogP contribution in [0.5, 0.6) is 0 Å². The number of hydrogen-bond donors (Lipinski definition) is 2. The second kappa shape index (κ2) is 6.83. The third-order valence-electron chi connectivity index (χ3n) is 1.85. The first-order valence-corrected chi connectivity index (χ1v) is 5.47. The molecular formula is C11H20N2O5. The maximum absolute atomic E-state index is 11.5. The van der Waals surface area contributed by atoms with Gasteiger partial charge in [0.2, 0.25) is 5.91 Å². The van der Waals surface area contributed by atoms with E-state index in [9.17, 15) is 14.4 Å². The largest absolute Gasteiger partial charge is 0.469 e. The highest BCUT2D eigenvalue weighted by molar-refractivity contribution is 5.89. The molecule has 0 aliphatic heterocycles. The van der Waals surface area contributed by atoms with Gasteiger partial charge in [0.25, 0.3) is 0 Å². The van der Waals surface area contributed by atoms with Crippen molar-refractivity contribution in [2.45, 2.75) is 38.8 Å². The molecule has 0 unspecified atom stereocenters. The quantitative estimate of drug-likeness (QED) is 0.704. The number of ether oxygens (including phenoxy) is 2. The molecule has 0 heterocycles. The first-order valence-electron chi connectivity index (χ1n) is 5.47. The topological polar surface area (TPSA) is 93.7 Å². The number of amides is 2. The van der Waals surface area contributed by atoms with Gasteiger partial charge in [0.1, 0.15) is 11.6 Å². The van der Waals surface area contributed by atoms with Crippen LogP contribution in [0.2, 0.25) is 0 Å². The van der Waals surface area contributed by atoms with Crippen molar-refractivity contribution < 1.29 is 23.9 Å². The minimum absolute atomic E-state index is 0.255. The van der Waals surface area contributed by atoms with Crippen molar-refractivity contribution >= 4 is 18.0 Å². The lowest BCUT2D eigenvalue weighted by Gasteiger charge is -2.22. The molecule has 7 nitrogen and oxygen atoms in total. The van der Waals surface area contributed by atoms with Gasteiger partial charge in [0.05, 0.1) is 13.5 Å². The molecule has 0 aliphatic rings. The van der Waals surface area contributed by atoms with E-state index in [1.54, 1.807) is 20.8 Å². The van der Waals surface area contributed by atoms with Crippen LogP contribution in [0.15, 0.2) is 0 Å². The van der Waals surface area contributed by atoms with E-state index in [0.29, 0.717) is 0 Å². The minimum atomic E-state index is -1.02. The number of carbonyl (C=O) groups excluding carboxylic acids is 3. The van der Waals surface area contributed by atoms with Crippen LogP contribution in [0.4, 0.5) is 4.79 Å². The highest BCUT2D eigenvalue weighted by atomic mass is 16.6. The number of nitrogens with one attached hydrogen (secondary N) is 2. The van der Waals surface area contributed by atoms with Crippen LogP contribution in [0.1, 0.15) is 27.2 Å². The minimum Gasteiger partial charge on any atom is -0.469 e. The molecule has 0 aromatic heterocycles. The number of hydrogen-bond acceptors (Lipinski definition) is 5. The Kier molecular flexibility index (Phi) is 6.15. The maximum Gasteiger partial charge on any atom is 0.408 e. The Balaban J connectivity index is 4.55. The Hall–Kier alpha value is -1.79. The first-order chi connectivity index (χ1) is 8.19. The predicted octanol–water partition coefficient (Wildman–Crippen LogP) is 0.189. The van der Waals surface area contributed by atoms with Crippen LogP contribution in [0, 0.1) is 0 Å². The fraction of sp³-hybridized carbons (Fsp3) is 0.727. The first kappa shape index (κ1) is 16.2. The van der Waals surface area contributed by atoms with E-state index < -0.39 is 29.6 Å². The van der Waals surface area contributed by atoms with Gasteiger partial charge in [-0.3, -0.25) is 9.59 Å². The number of esters is 1. The number of alkyl carbamates (subject to hydrolysis) is 1. The van der Waals surface area contributed by atoms with Crippen LogP contribution in [0.3, 0.4) is 0 Å². The molecule has 7 heteroatoms. The van der Waals surface area contributed by atoms with Gasteiger partial charge in [-0.25, -0.2) is 4.79 Å². The summed E-state index contributed by atoms with van der Waals surface area (Å²) < 4.78 is 9.44. The lowest BCUT2D eigenvalue weighted by molar-refractivity contribution is -0.143. The van der Waals surface area contributed by atoms with E-state index in [-0.39, 0.29) is 6.42 Å². The van der Waals surface area contributed by atoms with E-state index in [2.05, 4.69) is 15.4 Å². The Labute approximate surface area is 106 Å². The molecule has 0 spiro atoms. The Morgan fingerprint density at radius 3 is 2.17 bits per heavy atom. The molecule has 0 aromatic carbocycles. The van der Waals surface area contributed by atoms with Crippen LogP contribution in [-0.2, 0) is 19.1 Å². The fourth-order valence-electron chi connectivity index (χ4n) is 1.08. The fourth-order valence-corrected chi connectivity index (χ4v) is 1.08. The summed E-state index contributed by atoms with van der Waals surface area (Å²) in [5.74, 6) is -1.09. The molecule has 0 aliphatic carbocycles. The third-order valence-corrected chi connectivity index (χ3v) is 1.85. The number of likely N-dealkylation sites (N-methyl/N-ethyl adjacent to an activating group) is 1. The van der Waals surface area contributed by atoms with Crippen molar-refractivity contribution in [3.63, 3.8) is 0 Å². The van der Waals surface area contributed by atoms with Crippen molar-refractivity contribution in [2.75, 3.05) is 14.2 Å². The molecule has 104 valence electrons. The lowest BCUT2D eigenvalue weighted by atomic mass is 10.2. The van der Waals surface area contributed by atoms with E-state index in [1.807, 2.05) is 0 Å². The molecule has 2 amide bonds. The normalized spacial score (nSPS) is 12.3. The molecule has 18 heavy (non-hydrogen) atoms. The molecule has 0 aromatic rings. The SMILES string of the molecule is CNC(=O)[C@H](CC(=O)OC)NC(=O)OC(C)(C)C. The average molecular weight is 260 g/mol. The van der Waals surface area contributed by atoms with E-state index in [0.717, 1.165) is 0 Å². The van der Waals surface area contributed by atoms with E-state index in [1.165, 1.54) is 14.2 Å². The lowest BCUT2D eigenvalue weighted by Crippen LogP contribution is -2.48. The monoisotopic (exact) mass is 260 g/mol. The van der Waals surface area contributed by atoms with Gasteiger partial charge in [-0.05, 0) is 20.8 Å². The van der Waals surface area contributed by atoms with Gasteiger partial charge in [-0.15, -0.1) is 0 Å². The second-order valence-corrected chi connectivity index (χ2v) is 4.59. The van der Waals surface area contributed by atoms with Crippen LogP contribution in [-0.4, -0.2) is 43.8 Å². The second-order valence-electron chi connectivity index (χ2n) is 4.59. The Bertz CT molecular complexity index is 322. The van der Waals surface area contributed by atoms with E-state index >= 15 is 0 Å². The molecule has 0 radical (unpaired) electrons. The van der Waals surface area contributed by atoms with Gasteiger partial charge in [0, 0.05) is 7.05 Å². The van der Waals surface area contributed by atoms with Crippen molar-refractivity contribution in [1.29, 1.82) is 0 Å². The highest BCUT2D eigenvalue weighted by Gasteiger charge is 2.26. The number of methoxy groups -OCH3 is 1. The van der Waals surface area contributed by atoms with Gasteiger partial charge < -0.3 is 20.1 Å². The van der Waals surface area contributed by atoms with Crippen LogP contribution < -0.4 is 10.6 Å². The van der Waals surface area contributed by atoms with Crippen LogP contribution in [0.25, 0.3) is 0 Å². The van der Waals surface area contributed by atoms with Gasteiger partial charge in [-0.2, -0.15) is 0 Å². The smallest absolute Gasteiger partial charge is 0.408 e. The molecule has 0 saturated heterocycles. The summed E-state index contributed by atoms with van der Waals surface area (Å²) in [6.07, 6.45) is -1.02. The molecular weight excluding hydrogens is 240 g/mol. The summed E-state index contributed by atoms with van der Waals surface area (Å²) in [6, 6.07) is -1.02. The highest BCUT2D eigenvalue weighted by Crippen LogP contribution is 2.07. The van der Waals surface area contributed by atoms with Crippen molar-refractivity contribution in [3.8, 4) is 0 Å². The van der Waals surface area contributed by atoms with Crippen LogP contribution >= 0.6 is 0 Å². The average Bonchev–Trinajstić information content (AvgIpc) is 2.24.